The fourth-order valence-corrected chi connectivity index (χ4v) is 9.33. The van der Waals surface area contributed by atoms with Gasteiger partial charge in [0.05, 0.1) is 0 Å². The van der Waals surface area contributed by atoms with Crippen LogP contribution in [0.15, 0.2) is 211 Å². The molecule has 1 aromatic heterocycles. The molecule has 0 aliphatic carbocycles. The summed E-state index contributed by atoms with van der Waals surface area (Å²) in [5.41, 5.74) is 11.7. The molecule has 1 nitrogen and oxygen atoms in total. The molecule has 0 N–H and O–H groups in total. The standard InChI is InChI=1S/C56H34O/c1-2-12-38-31-42(26-23-35(38)11-1)55-46-17-7-9-19-48(46)56(49-20-10-8-18-47(49)55)50-29-28-43(44-15-5-6-16-45(44)50)37-24-21-36(22-25-37)41-27-30-53-51(33-41)52-32-39-13-3-4-14-40(39)34-54(52)57-53/h1-34H. The number of benzene rings is 11. The molecule has 0 amide bonds. The minimum atomic E-state index is 0.913. The average molecular weight is 723 g/mol. The molecular weight excluding hydrogens is 689 g/mol. The van der Waals surface area contributed by atoms with E-state index in [1.165, 1.54) is 98.4 Å². The van der Waals surface area contributed by atoms with Gasteiger partial charge in [0.25, 0.3) is 0 Å². The van der Waals surface area contributed by atoms with E-state index < -0.39 is 0 Å². The molecule has 1 heteroatoms. The number of furan rings is 1. The summed E-state index contributed by atoms with van der Waals surface area (Å²) in [6.07, 6.45) is 0. The lowest BCUT2D eigenvalue weighted by molar-refractivity contribution is 0.669. The molecule has 11 aromatic carbocycles. The van der Waals surface area contributed by atoms with Crippen molar-refractivity contribution in [2.75, 3.05) is 0 Å². The molecule has 12 aromatic rings. The van der Waals surface area contributed by atoms with Crippen molar-refractivity contribution >= 4 is 75.8 Å². The van der Waals surface area contributed by atoms with Crippen molar-refractivity contribution in [3.05, 3.63) is 206 Å². The molecule has 0 atom stereocenters. The van der Waals surface area contributed by atoms with Gasteiger partial charge in [0.1, 0.15) is 11.2 Å². The molecular formula is C56H34O. The Bertz CT molecular complexity index is 3510. The second-order valence-electron chi connectivity index (χ2n) is 15.2. The molecule has 57 heavy (non-hydrogen) atoms. The highest BCUT2D eigenvalue weighted by Crippen LogP contribution is 2.47. The Morgan fingerprint density at radius 3 is 1.39 bits per heavy atom. The summed E-state index contributed by atoms with van der Waals surface area (Å²) in [5, 5.41) is 14.8. The van der Waals surface area contributed by atoms with Crippen LogP contribution in [0, 0.1) is 0 Å². The Balaban J connectivity index is 0.985. The Morgan fingerprint density at radius 2 is 0.702 bits per heavy atom. The Kier molecular flexibility index (Phi) is 7.00. The van der Waals surface area contributed by atoms with Crippen molar-refractivity contribution in [1.29, 1.82) is 0 Å². The third kappa shape index (κ3) is 5.03. The van der Waals surface area contributed by atoms with Gasteiger partial charge in [-0.05, 0) is 129 Å². The Labute approximate surface area is 329 Å². The molecule has 12 rings (SSSR count). The molecule has 0 saturated carbocycles. The highest BCUT2D eigenvalue weighted by molar-refractivity contribution is 6.24. The van der Waals surface area contributed by atoms with Crippen molar-refractivity contribution in [2.45, 2.75) is 0 Å². The van der Waals surface area contributed by atoms with E-state index in [2.05, 4.69) is 206 Å². The van der Waals surface area contributed by atoms with E-state index in [1.807, 2.05) is 0 Å². The van der Waals surface area contributed by atoms with Gasteiger partial charge in [-0.3, -0.25) is 0 Å². The van der Waals surface area contributed by atoms with Crippen molar-refractivity contribution < 1.29 is 4.42 Å². The minimum Gasteiger partial charge on any atom is -0.456 e. The lowest BCUT2D eigenvalue weighted by Gasteiger charge is -2.20. The minimum absolute atomic E-state index is 0.913. The summed E-state index contributed by atoms with van der Waals surface area (Å²) in [6, 6.07) is 75.4. The summed E-state index contributed by atoms with van der Waals surface area (Å²) >= 11 is 0. The van der Waals surface area contributed by atoms with Crippen LogP contribution in [0.2, 0.25) is 0 Å². The van der Waals surface area contributed by atoms with Gasteiger partial charge in [0.15, 0.2) is 0 Å². The first-order valence-corrected chi connectivity index (χ1v) is 19.7. The summed E-state index contributed by atoms with van der Waals surface area (Å²) < 4.78 is 6.30. The second kappa shape index (κ2) is 12.5. The van der Waals surface area contributed by atoms with E-state index in [0.717, 1.165) is 21.9 Å². The fraction of sp³-hybridized carbons (Fsp3) is 0. The smallest absolute Gasteiger partial charge is 0.136 e. The number of fused-ring (bicyclic) bond motifs is 8. The fourth-order valence-electron chi connectivity index (χ4n) is 9.33. The number of hydrogen-bond acceptors (Lipinski definition) is 1. The van der Waals surface area contributed by atoms with Gasteiger partial charge in [-0.1, -0.05) is 176 Å². The first-order valence-electron chi connectivity index (χ1n) is 19.7. The molecule has 0 bridgehead atoms. The lowest BCUT2D eigenvalue weighted by Crippen LogP contribution is -1.92. The number of hydrogen-bond donors (Lipinski definition) is 0. The average Bonchev–Trinajstić information content (AvgIpc) is 3.63. The topological polar surface area (TPSA) is 13.1 Å². The van der Waals surface area contributed by atoms with E-state index in [-0.39, 0.29) is 0 Å². The van der Waals surface area contributed by atoms with Gasteiger partial charge in [-0.2, -0.15) is 0 Å². The molecule has 264 valence electrons. The third-order valence-electron chi connectivity index (χ3n) is 12.0. The zero-order chi connectivity index (χ0) is 37.5. The van der Waals surface area contributed by atoms with E-state index in [4.69, 9.17) is 4.42 Å². The molecule has 0 aliphatic heterocycles. The third-order valence-corrected chi connectivity index (χ3v) is 12.0. The van der Waals surface area contributed by atoms with Crippen LogP contribution >= 0.6 is 0 Å². The van der Waals surface area contributed by atoms with Gasteiger partial charge in [-0.25, -0.2) is 0 Å². The highest BCUT2D eigenvalue weighted by atomic mass is 16.3. The molecule has 0 saturated heterocycles. The van der Waals surface area contributed by atoms with Crippen LogP contribution in [0.3, 0.4) is 0 Å². The Hall–Kier alpha value is -7.48. The second-order valence-corrected chi connectivity index (χ2v) is 15.2. The van der Waals surface area contributed by atoms with E-state index in [9.17, 15) is 0 Å². The summed E-state index contributed by atoms with van der Waals surface area (Å²) in [7, 11) is 0. The maximum Gasteiger partial charge on any atom is 0.136 e. The van der Waals surface area contributed by atoms with E-state index >= 15 is 0 Å². The maximum absolute atomic E-state index is 6.30. The van der Waals surface area contributed by atoms with Crippen molar-refractivity contribution in [1.82, 2.24) is 0 Å². The number of rotatable bonds is 4. The lowest BCUT2D eigenvalue weighted by atomic mass is 9.83. The Morgan fingerprint density at radius 1 is 0.228 bits per heavy atom. The maximum atomic E-state index is 6.30. The van der Waals surface area contributed by atoms with Gasteiger partial charge in [0, 0.05) is 10.8 Å². The van der Waals surface area contributed by atoms with Crippen LogP contribution in [0.25, 0.3) is 120 Å². The normalized spacial score (nSPS) is 11.9. The van der Waals surface area contributed by atoms with E-state index in [0.29, 0.717) is 0 Å². The molecule has 1 heterocycles. The first kappa shape index (κ1) is 31.8. The van der Waals surface area contributed by atoms with Gasteiger partial charge in [-0.15, -0.1) is 0 Å². The highest BCUT2D eigenvalue weighted by Gasteiger charge is 2.19. The van der Waals surface area contributed by atoms with E-state index in [1.54, 1.807) is 0 Å². The molecule has 0 spiro atoms. The van der Waals surface area contributed by atoms with Gasteiger partial charge >= 0.3 is 0 Å². The molecule has 0 fully saturated rings. The quantitative estimate of drug-likeness (QED) is 0.165. The molecule has 0 aliphatic rings. The van der Waals surface area contributed by atoms with Crippen LogP contribution in [-0.4, -0.2) is 0 Å². The summed E-state index contributed by atoms with van der Waals surface area (Å²) in [5.74, 6) is 0. The largest absolute Gasteiger partial charge is 0.456 e. The van der Waals surface area contributed by atoms with Gasteiger partial charge < -0.3 is 4.42 Å². The van der Waals surface area contributed by atoms with Crippen LogP contribution in [0.5, 0.6) is 0 Å². The predicted molar refractivity (Wildman–Crippen MR) is 243 cm³/mol. The molecule has 0 radical (unpaired) electrons. The predicted octanol–water partition coefficient (Wildman–Crippen LogP) is 16.0. The van der Waals surface area contributed by atoms with Gasteiger partial charge in [0.2, 0.25) is 0 Å². The van der Waals surface area contributed by atoms with Crippen LogP contribution < -0.4 is 0 Å². The van der Waals surface area contributed by atoms with Crippen molar-refractivity contribution in [2.24, 2.45) is 0 Å². The van der Waals surface area contributed by atoms with Crippen molar-refractivity contribution in [3.63, 3.8) is 0 Å². The monoisotopic (exact) mass is 722 g/mol. The van der Waals surface area contributed by atoms with Crippen LogP contribution in [0.1, 0.15) is 0 Å². The summed E-state index contributed by atoms with van der Waals surface area (Å²) in [4.78, 5) is 0. The van der Waals surface area contributed by atoms with Crippen LogP contribution in [-0.2, 0) is 0 Å². The SMILES string of the molecule is c1ccc2cc(-c3c4ccccc4c(-c4ccc(-c5ccc(-c6ccc7oc8cc9ccccc9cc8c7c6)cc5)c5ccccc45)c4ccccc34)ccc2c1. The summed E-state index contributed by atoms with van der Waals surface area (Å²) in [6.45, 7) is 0. The van der Waals surface area contributed by atoms with Crippen LogP contribution in [0.4, 0.5) is 0 Å². The first-order chi connectivity index (χ1) is 28.2. The molecule has 0 unspecified atom stereocenters. The zero-order valence-corrected chi connectivity index (χ0v) is 31.0. The van der Waals surface area contributed by atoms with Crippen molar-refractivity contribution in [3.8, 4) is 44.5 Å². The zero-order valence-electron chi connectivity index (χ0n) is 31.0.